The number of hydrogen-bond acceptors (Lipinski definition) is 10. The van der Waals surface area contributed by atoms with E-state index in [1.165, 1.54) is 51.4 Å². The van der Waals surface area contributed by atoms with Gasteiger partial charge >= 0.3 is 41.5 Å². The first-order valence-corrected chi connectivity index (χ1v) is 20.7. The Hall–Kier alpha value is -0.290. The van der Waals surface area contributed by atoms with Crippen LogP contribution in [0.2, 0.25) is 0 Å². The van der Waals surface area contributed by atoms with E-state index < -0.39 is 78.0 Å². The smallest absolute Gasteiger partial charge is 0.756 e. The van der Waals surface area contributed by atoms with Gasteiger partial charge in [0.05, 0.1) is 19.8 Å². The Labute approximate surface area is 343 Å². The molecular weight excluding hydrogens is 682 g/mol. The molecule has 12 heteroatoms. The second-order valence-corrected chi connectivity index (χ2v) is 14.4. The summed E-state index contributed by atoms with van der Waals surface area (Å²) < 4.78 is 85.1. The maximum atomic E-state index is 12.6. The Kier molecular flexibility index (Phi) is 31.2. The first-order valence-electron chi connectivity index (χ1n) is 22.8. The molecule has 0 spiro atoms. The molecule has 0 aliphatic heterocycles. The fourth-order valence-electron chi connectivity index (χ4n) is 5.18. The van der Waals surface area contributed by atoms with Gasteiger partial charge in [0.1, 0.15) is 12.7 Å². The summed E-state index contributed by atoms with van der Waals surface area (Å²) in [7, 11) is -4.91. The van der Waals surface area contributed by atoms with E-state index in [2.05, 4.69) is 23.6 Å². The molecule has 0 saturated heterocycles. The Morgan fingerprint density at radius 3 is 1.73 bits per heavy atom. The van der Waals surface area contributed by atoms with Crippen molar-refractivity contribution < 1.29 is 86.9 Å². The van der Waals surface area contributed by atoms with Crippen LogP contribution in [0, 0.1) is 0 Å². The monoisotopic (exact) mass is 764 g/mol. The predicted molar refractivity (Wildman–Crippen MR) is 199 cm³/mol. The van der Waals surface area contributed by atoms with Crippen LogP contribution in [0.15, 0.2) is 12.2 Å². The molecule has 3 atom stereocenters. The van der Waals surface area contributed by atoms with Gasteiger partial charge in [-0.05, 0) is 38.5 Å². The molecule has 0 aliphatic carbocycles. The van der Waals surface area contributed by atoms with Gasteiger partial charge < -0.3 is 33.6 Å². The fourth-order valence-corrected chi connectivity index (χ4v) is 5.96. The number of carbonyl (C=O) groups is 2. The van der Waals surface area contributed by atoms with Gasteiger partial charge in [0.25, 0.3) is 7.82 Å². The maximum Gasteiger partial charge on any atom is 1.00 e. The van der Waals surface area contributed by atoms with E-state index in [1.807, 2.05) is 0 Å². The van der Waals surface area contributed by atoms with Gasteiger partial charge in [-0.2, -0.15) is 0 Å². The molecule has 0 heterocycles. The van der Waals surface area contributed by atoms with Crippen LogP contribution in [-0.4, -0.2) is 60.8 Å². The van der Waals surface area contributed by atoms with Crippen molar-refractivity contribution in [3.8, 4) is 0 Å². The average Bonchev–Trinajstić information content (AvgIpc) is 3.14. The molecule has 51 heavy (non-hydrogen) atoms. The molecule has 0 aromatic rings. The molecule has 0 aromatic heterocycles. The van der Waals surface area contributed by atoms with Crippen molar-refractivity contribution in [1.29, 1.82) is 0 Å². The molecule has 2 unspecified atom stereocenters. The van der Waals surface area contributed by atoms with E-state index in [1.54, 1.807) is 0 Å². The van der Waals surface area contributed by atoms with Gasteiger partial charge in [-0.15, -0.1) is 0 Å². The third kappa shape index (κ3) is 39.2. The van der Waals surface area contributed by atoms with Crippen LogP contribution in [0.25, 0.3) is 0 Å². The maximum absolute atomic E-state index is 12.6. The summed E-state index contributed by atoms with van der Waals surface area (Å²) >= 11 is 0. The molecule has 0 fully saturated rings. The SMILES string of the molecule is [2H]C([2H])([2H])C([2H])([2H])C([2H])([2H])CCCCC/C=C\CCCCCCCC(=O)O[C@H](COC(=O)CCCCCCCCCCCCCC)COP(=O)([O-])OCC(O)CO.[Na+]. The number of phosphoric ester groups is 1. The van der Waals surface area contributed by atoms with Gasteiger partial charge in [-0.1, -0.05) is 148 Å². The zero-order valence-corrected chi connectivity index (χ0v) is 34.8. The minimum atomic E-state index is -4.91. The third-order valence-corrected chi connectivity index (χ3v) is 9.13. The summed E-state index contributed by atoms with van der Waals surface area (Å²) in [6, 6.07) is 0. The van der Waals surface area contributed by atoms with Crippen molar-refractivity contribution in [2.45, 2.75) is 199 Å². The first kappa shape index (κ1) is 40.4. The van der Waals surface area contributed by atoms with E-state index >= 15 is 0 Å². The summed E-state index contributed by atoms with van der Waals surface area (Å²) in [5.74, 6) is -1.07. The van der Waals surface area contributed by atoms with Crippen LogP contribution < -0.4 is 34.5 Å². The number of esters is 2. The van der Waals surface area contributed by atoms with Crippen LogP contribution in [0.1, 0.15) is 197 Å². The van der Waals surface area contributed by atoms with Crippen molar-refractivity contribution in [1.82, 2.24) is 0 Å². The third-order valence-electron chi connectivity index (χ3n) is 8.20. The molecular formula is C39H74NaO10P. The number of allylic oxidation sites excluding steroid dienone is 2. The normalized spacial score (nSPS) is 16.7. The first-order chi connectivity index (χ1) is 26.9. The fraction of sp³-hybridized carbons (Fsp3) is 0.897. The number of aliphatic hydroxyl groups is 2. The topological polar surface area (TPSA) is 152 Å². The Bertz CT molecular complexity index is 1120. The second-order valence-electron chi connectivity index (χ2n) is 13.0. The summed E-state index contributed by atoms with van der Waals surface area (Å²) in [5.41, 5.74) is 0. The van der Waals surface area contributed by atoms with E-state index in [0.717, 1.165) is 64.2 Å². The van der Waals surface area contributed by atoms with Crippen molar-refractivity contribution in [2.24, 2.45) is 0 Å². The van der Waals surface area contributed by atoms with E-state index in [0.29, 0.717) is 25.7 Å². The van der Waals surface area contributed by atoms with Crippen molar-refractivity contribution in [2.75, 3.05) is 26.4 Å². The molecule has 0 aromatic carbocycles. The number of aliphatic hydroxyl groups excluding tert-OH is 2. The molecule has 10 nitrogen and oxygen atoms in total. The molecule has 2 N–H and O–H groups in total. The molecule has 0 rings (SSSR count). The molecule has 0 bridgehead atoms. The summed E-state index contributed by atoms with van der Waals surface area (Å²) in [6.45, 7) is -3.26. The minimum absolute atomic E-state index is 0. The van der Waals surface area contributed by atoms with Gasteiger partial charge in [0.15, 0.2) is 6.10 Å². The molecule has 0 radical (unpaired) electrons. The van der Waals surface area contributed by atoms with Crippen molar-refractivity contribution in [3.05, 3.63) is 12.2 Å². The standard InChI is InChI=1S/C39H75O10P.Na/c1-3-5-7-9-11-13-15-17-18-19-21-23-25-27-29-31-39(43)49-37(35-48-50(44,45)47-33-36(41)32-40)34-46-38(42)30-28-26-24-22-20-16-14-12-10-8-6-4-2;/h17-18,36-37,40-41H,3-16,19-35H2,1-2H3,(H,44,45);/q;+1/p-1/b18-17-;/t36?,37-;/m1./s1/i1D3,3D2,5D2;. The average molecular weight is 764 g/mol. The summed E-state index contributed by atoms with van der Waals surface area (Å²) in [6.07, 6.45) is 17.9. The second kappa shape index (κ2) is 39.4. The van der Waals surface area contributed by atoms with Crippen LogP contribution in [0.4, 0.5) is 0 Å². The number of ether oxygens (including phenoxy) is 2. The van der Waals surface area contributed by atoms with Crippen LogP contribution >= 0.6 is 7.82 Å². The van der Waals surface area contributed by atoms with Gasteiger partial charge in [0, 0.05) is 22.4 Å². The summed E-state index contributed by atoms with van der Waals surface area (Å²) in [4.78, 5) is 37.1. The zero-order chi connectivity index (χ0) is 43.1. The number of carbonyl (C=O) groups excluding carboxylic acids is 2. The molecule has 0 amide bonds. The molecule has 0 aliphatic rings. The van der Waals surface area contributed by atoms with Crippen LogP contribution in [0.5, 0.6) is 0 Å². The van der Waals surface area contributed by atoms with Gasteiger partial charge in [0.2, 0.25) is 0 Å². The van der Waals surface area contributed by atoms with Crippen LogP contribution in [-0.2, 0) is 32.7 Å². The van der Waals surface area contributed by atoms with Crippen LogP contribution in [0.3, 0.4) is 0 Å². The number of hydrogen-bond donors (Lipinski definition) is 2. The number of unbranched alkanes of at least 4 members (excludes halogenated alkanes) is 19. The van der Waals surface area contributed by atoms with E-state index in [-0.39, 0.29) is 48.8 Å². The largest absolute Gasteiger partial charge is 1.00 e. The van der Waals surface area contributed by atoms with E-state index in [4.69, 9.17) is 28.7 Å². The van der Waals surface area contributed by atoms with Gasteiger partial charge in [-0.3, -0.25) is 14.2 Å². The molecule has 0 saturated carbocycles. The van der Waals surface area contributed by atoms with E-state index in [9.17, 15) is 24.2 Å². The Balaban J connectivity index is 0. The Morgan fingerprint density at radius 1 is 0.725 bits per heavy atom. The quantitative estimate of drug-likeness (QED) is 0.0237. The number of phosphoric acid groups is 1. The zero-order valence-electron chi connectivity index (χ0n) is 38.9. The number of rotatable bonds is 38. The molecule has 296 valence electrons. The van der Waals surface area contributed by atoms with Crippen molar-refractivity contribution >= 4 is 19.8 Å². The summed E-state index contributed by atoms with van der Waals surface area (Å²) in [5, 5.41) is 18.3. The van der Waals surface area contributed by atoms with Gasteiger partial charge in [-0.25, -0.2) is 0 Å². The minimum Gasteiger partial charge on any atom is -0.756 e. The van der Waals surface area contributed by atoms with Crippen molar-refractivity contribution in [3.63, 3.8) is 0 Å². The predicted octanol–water partition coefficient (Wildman–Crippen LogP) is 6.43. The Morgan fingerprint density at radius 2 is 1.20 bits per heavy atom.